The molecule has 0 saturated carbocycles. The summed E-state index contributed by atoms with van der Waals surface area (Å²) in [5.74, 6) is -0.467. The molecule has 1 aromatic heterocycles. The summed E-state index contributed by atoms with van der Waals surface area (Å²) < 4.78 is 6.88. The molecular weight excluding hydrogens is 586 g/mol. The van der Waals surface area contributed by atoms with Gasteiger partial charge in [0.05, 0.1) is 28.3 Å². The predicted octanol–water partition coefficient (Wildman–Crippen LogP) is 4.09. The van der Waals surface area contributed by atoms with E-state index in [4.69, 9.17) is 4.74 Å². The molecule has 3 atom stereocenters. The van der Waals surface area contributed by atoms with Crippen LogP contribution in [0.2, 0.25) is 0 Å². The van der Waals surface area contributed by atoms with E-state index in [9.17, 15) is 19.7 Å². The lowest BCUT2D eigenvalue weighted by atomic mass is 10.1. The zero-order valence-corrected chi connectivity index (χ0v) is 22.4. The van der Waals surface area contributed by atoms with Crippen molar-refractivity contribution in [3.63, 3.8) is 0 Å². The number of hydrogen-bond acceptors (Lipinski definition) is 7. The van der Waals surface area contributed by atoms with Crippen LogP contribution in [0.4, 0.5) is 11.4 Å². The van der Waals surface area contributed by atoms with Crippen molar-refractivity contribution >= 4 is 55.0 Å². The van der Waals surface area contributed by atoms with Gasteiger partial charge in [-0.25, -0.2) is 0 Å². The summed E-state index contributed by atoms with van der Waals surface area (Å²) in [6.45, 7) is 5.41. The Balaban J connectivity index is 1.59. The molecule has 0 radical (unpaired) electrons. The SMILES string of the molecule is C[C@@H]1CN(C(=O)c2cc(Br)cc([N+](=O)[O-])c2N[C@@H]2CCN(C(=O)c3cncc(Br)c3)C2)C[C@H](C)O1. The molecule has 0 spiro atoms. The van der Waals surface area contributed by atoms with Gasteiger partial charge >= 0.3 is 0 Å². The van der Waals surface area contributed by atoms with Gasteiger partial charge in [-0.1, -0.05) is 15.9 Å². The van der Waals surface area contributed by atoms with Gasteiger partial charge < -0.3 is 19.9 Å². The van der Waals surface area contributed by atoms with Crippen molar-refractivity contribution in [3.8, 4) is 0 Å². The van der Waals surface area contributed by atoms with Gasteiger partial charge in [0.15, 0.2) is 0 Å². The van der Waals surface area contributed by atoms with Crippen molar-refractivity contribution in [1.82, 2.24) is 14.8 Å². The van der Waals surface area contributed by atoms with Crippen LogP contribution >= 0.6 is 31.9 Å². The average Bonchev–Trinajstić information content (AvgIpc) is 3.26. The summed E-state index contributed by atoms with van der Waals surface area (Å²) in [5.41, 5.74) is 0.644. The van der Waals surface area contributed by atoms with Crippen LogP contribution in [0.1, 0.15) is 41.0 Å². The van der Waals surface area contributed by atoms with Crippen molar-refractivity contribution in [2.75, 3.05) is 31.5 Å². The fraction of sp³-hybridized carbons (Fsp3) is 0.435. The predicted molar refractivity (Wildman–Crippen MR) is 137 cm³/mol. The van der Waals surface area contributed by atoms with E-state index in [0.717, 1.165) is 0 Å². The maximum absolute atomic E-state index is 13.5. The van der Waals surface area contributed by atoms with Crippen LogP contribution in [0, 0.1) is 10.1 Å². The Kier molecular flexibility index (Phi) is 7.72. The molecule has 1 N–H and O–H groups in total. The summed E-state index contributed by atoms with van der Waals surface area (Å²) in [4.78, 5) is 45.2. The highest BCUT2D eigenvalue weighted by molar-refractivity contribution is 9.10. The molecule has 0 unspecified atom stereocenters. The summed E-state index contributed by atoms with van der Waals surface area (Å²) in [5, 5.41) is 15.1. The van der Waals surface area contributed by atoms with E-state index < -0.39 is 4.92 Å². The lowest BCUT2D eigenvalue weighted by molar-refractivity contribution is -0.384. The van der Waals surface area contributed by atoms with Gasteiger partial charge in [0.25, 0.3) is 17.5 Å². The van der Waals surface area contributed by atoms with Crippen LogP contribution in [0.3, 0.4) is 0 Å². The van der Waals surface area contributed by atoms with Gasteiger partial charge in [-0.05, 0) is 48.3 Å². The topological polar surface area (TPSA) is 118 Å². The number of pyridine rings is 1. The molecule has 186 valence electrons. The fourth-order valence-corrected chi connectivity index (χ4v) is 5.36. The average molecular weight is 611 g/mol. The number of ether oxygens (including phenoxy) is 1. The molecule has 12 heteroatoms. The first-order chi connectivity index (χ1) is 16.6. The van der Waals surface area contributed by atoms with Crippen LogP contribution < -0.4 is 5.32 Å². The highest BCUT2D eigenvalue weighted by atomic mass is 79.9. The Bertz CT molecular complexity index is 1150. The molecule has 2 saturated heterocycles. The molecule has 0 aliphatic carbocycles. The Morgan fingerprint density at radius 2 is 1.77 bits per heavy atom. The summed E-state index contributed by atoms with van der Waals surface area (Å²) >= 11 is 6.64. The first-order valence-corrected chi connectivity index (χ1v) is 12.8. The summed E-state index contributed by atoms with van der Waals surface area (Å²) in [6.07, 6.45) is 3.42. The second-order valence-corrected chi connectivity index (χ2v) is 10.7. The van der Waals surface area contributed by atoms with Gasteiger partial charge in [-0.3, -0.25) is 24.7 Å². The van der Waals surface area contributed by atoms with Crippen LogP contribution in [0.25, 0.3) is 0 Å². The number of halogens is 2. The number of carbonyl (C=O) groups is 2. The number of likely N-dealkylation sites (tertiary alicyclic amines) is 1. The number of rotatable bonds is 5. The van der Waals surface area contributed by atoms with Crippen LogP contribution in [-0.4, -0.2) is 76.0 Å². The Hall–Kier alpha value is -2.57. The number of aromatic nitrogens is 1. The van der Waals surface area contributed by atoms with Gasteiger partial charge in [0.2, 0.25) is 0 Å². The van der Waals surface area contributed by atoms with E-state index >= 15 is 0 Å². The maximum atomic E-state index is 13.5. The number of hydrogen-bond donors (Lipinski definition) is 1. The number of nitro groups is 1. The molecule has 10 nitrogen and oxygen atoms in total. The van der Waals surface area contributed by atoms with Crippen molar-refractivity contribution in [2.45, 2.75) is 38.5 Å². The van der Waals surface area contributed by atoms with E-state index in [1.807, 2.05) is 13.8 Å². The lowest BCUT2D eigenvalue weighted by Crippen LogP contribution is -2.48. The zero-order chi connectivity index (χ0) is 25.3. The number of morpholine rings is 1. The molecule has 2 fully saturated rings. The largest absolute Gasteiger partial charge is 0.374 e. The highest BCUT2D eigenvalue weighted by Gasteiger charge is 2.34. The van der Waals surface area contributed by atoms with Gasteiger partial charge in [-0.15, -0.1) is 0 Å². The molecule has 2 aliphatic heterocycles. The Morgan fingerprint density at radius 3 is 2.43 bits per heavy atom. The molecule has 2 aromatic rings. The Morgan fingerprint density at radius 1 is 1.06 bits per heavy atom. The normalized spacial score (nSPS) is 22.2. The van der Waals surface area contributed by atoms with Crippen LogP contribution in [0.5, 0.6) is 0 Å². The minimum Gasteiger partial charge on any atom is -0.374 e. The van der Waals surface area contributed by atoms with E-state index in [-0.39, 0.29) is 47.0 Å². The molecule has 1 aromatic carbocycles. The van der Waals surface area contributed by atoms with Gasteiger partial charge in [0, 0.05) is 59.6 Å². The number of nitrogens with zero attached hydrogens (tertiary/aromatic N) is 4. The van der Waals surface area contributed by atoms with Gasteiger partial charge in [-0.2, -0.15) is 0 Å². The van der Waals surface area contributed by atoms with E-state index in [2.05, 4.69) is 42.2 Å². The molecule has 4 rings (SSSR count). The number of anilines is 1. The van der Waals surface area contributed by atoms with Crippen molar-refractivity contribution in [1.29, 1.82) is 0 Å². The smallest absolute Gasteiger partial charge is 0.294 e. The van der Waals surface area contributed by atoms with Crippen molar-refractivity contribution in [2.24, 2.45) is 0 Å². The van der Waals surface area contributed by atoms with Crippen LogP contribution in [-0.2, 0) is 4.74 Å². The fourth-order valence-electron chi connectivity index (χ4n) is 4.55. The third-order valence-corrected chi connectivity index (χ3v) is 6.88. The lowest BCUT2D eigenvalue weighted by Gasteiger charge is -2.35. The van der Waals surface area contributed by atoms with Crippen molar-refractivity contribution in [3.05, 3.63) is 60.8 Å². The van der Waals surface area contributed by atoms with Crippen molar-refractivity contribution < 1.29 is 19.2 Å². The minimum absolute atomic E-state index is 0.136. The maximum Gasteiger partial charge on any atom is 0.294 e. The number of nitrogens with one attached hydrogen (secondary N) is 1. The molecule has 0 bridgehead atoms. The first kappa shape index (κ1) is 25.5. The molecular formula is C23H25Br2N5O5. The minimum atomic E-state index is -0.501. The van der Waals surface area contributed by atoms with E-state index in [1.165, 1.54) is 12.3 Å². The summed E-state index contributed by atoms with van der Waals surface area (Å²) in [6, 6.07) is 4.44. The van der Waals surface area contributed by atoms with E-state index in [1.54, 1.807) is 28.1 Å². The molecule has 2 amide bonds. The monoisotopic (exact) mass is 609 g/mol. The van der Waals surface area contributed by atoms with E-state index in [0.29, 0.717) is 47.1 Å². The summed E-state index contributed by atoms with van der Waals surface area (Å²) in [7, 11) is 0. The second-order valence-electron chi connectivity index (χ2n) is 8.84. The third kappa shape index (κ3) is 5.81. The number of nitro benzene ring substituents is 1. The molecule has 3 heterocycles. The number of benzene rings is 1. The standard InChI is InChI=1S/C23H25Br2N5O5/c1-13-10-29(11-14(2)35-13)23(32)19-6-16(24)7-20(30(33)34)21(19)27-18-3-4-28(12-18)22(31)15-5-17(25)9-26-8-15/h5-9,13-14,18,27H,3-4,10-12H2,1-2H3/t13-,14+,18-/m1/s1. The number of carbonyl (C=O) groups excluding carboxylic acids is 2. The Labute approximate surface area is 219 Å². The quantitative estimate of drug-likeness (QED) is 0.400. The van der Waals surface area contributed by atoms with Crippen LogP contribution in [0.15, 0.2) is 39.5 Å². The van der Waals surface area contributed by atoms with Gasteiger partial charge in [0.1, 0.15) is 5.69 Å². The number of amides is 2. The second kappa shape index (κ2) is 10.6. The highest BCUT2D eigenvalue weighted by Crippen LogP contribution is 2.35. The zero-order valence-electron chi connectivity index (χ0n) is 19.2. The molecule has 35 heavy (non-hydrogen) atoms. The molecule has 2 aliphatic rings. The first-order valence-electron chi connectivity index (χ1n) is 11.2. The third-order valence-electron chi connectivity index (χ3n) is 5.99.